The number of carbonyl (C=O) groups is 1. The standard InChI is InChI=1S/C12H17N3O3.ClH/c1-3-4-10(13)12(16)14-9-6-5-8(2)11(7-9)15(17)18;/h5-7,10H,3-4,13H2,1-2H3,(H,14,16);1H. The van der Waals surface area contributed by atoms with Crippen molar-refractivity contribution in [3.63, 3.8) is 0 Å². The Kier molecular flexibility index (Phi) is 7.03. The second kappa shape index (κ2) is 7.70. The molecule has 0 aliphatic rings. The van der Waals surface area contributed by atoms with E-state index in [1.165, 1.54) is 6.07 Å². The van der Waals surface area contributed by atoms with Crippen LogP contribution in [-0.2, 0) is 4.79 Å². The van der Waals surface area contributed by atoms with Crippen LogP contribution in [0.25, 0.3) is 0 Å². The molecule has 0 bridgehead atoms. The summed E-state index contributed by atoms with van der Waals surface area (Å²) in [7, 11) is 0. The molecule has 19 heavy (non-hydrogen) atoms. The monoisotopic (exact) mass is 287 g/mol. The topological polar surface area (TPSA) is 98.3 Å². The van der Waals surface area contributed by atoms with Crippen molar-refractivity contribution in [2.75, 3.05) is 5.32 Å². The molecule has 106 valence electrons. The number of hydrogen-bond donors (Lipinski definition) is 2. The van der Waals surface area contributed by atoms with Crippen molar-refractivity contribution >= 4 is 29.7 Å². The predicted octanol–water partition coefficient (Wildman–Crippen LogP) is 2.39. The van der Waals surface area contributed by atoms with Gasteiger partial charge in [0, 0.05) is 17.3 Å². The second-order valence-corrected chi connectivity index (χ2v) is 4.14. The molecule has 1 rings (SSSR count). The highest BCUT2D eigenvalue weighted by Gasteiger charge is 2.15. The maximum atomic E-state index is 11.7. The molecule has 3 N–H and O–H groups in total. The zero-order valence-corrected chi connectivity index (χ0v) is 11.7. The van der Waals surface area contributed by atoms with Crippen molar-refractivity contribution in [3.8, 4) is 0 Å². The summed E-state index contributed by atoms with van der Waals surface area (Å²) in [5.41, 5.74) is 6.58. The summed E-state index contributed by atoms with van der Waals surface area (Å²) in [6.45, 7) is 3.58. The van der Waals surface area contributed by atoms with E-state index in [0.29, 0.717) is 17.7 Å². The summed E-state index contributed by atoms with van der Waals surface area (Å²) in [4.78, 5) is 22.0. The van der Waals surface area contributed by atoms with Crippen LogP contribution in [0.3, 0.4) is 0 Å². The van der Waals surface area contributed by atoms with Gasteiger partial charge in [-0.1, -0.05) is 19.4 Å². The van der Waals surface area contributed by atoms with Crippen LogP contribution in [0.4, 0.5) is 11.4 Å². The molecule has 1 aromatic rings. The van der Waals surface area contributed by atoms with Gasteiger partial charge in [0.05, 0.1) is 11.0 Å². The van der Waals surface area contributed by atoms with Gasteiger partial charge in [-0.15, -0.1) is 12.4 Å². The third-order valence-electron chi connectivity index (χ3n) is 2.61. The number of nitrogens with zero attached hydrogens (tertiary/aromatic N) is 1. The molecule has 1 unspecified atom stereocenters. The molecule has 0 saturated carbocycles. The summed E-state index contributed by atoms with van der Waals surface area (Å²) < 4.78 is 0. The number of hydrogen-bond acceptors (Lipinski definition) is 4. The molecule has 7 heteroatoms. The third kappa shape index (κ3) is 4.84. The summed E-state index contributed by atoms with van der Waals surface area (Å²) in [6.07, 6.45) is 1.39. The van der Waals surface area contributed by atoms with Gasteiger partial charge < -0.3 is 11.1 Å². The van der Waals surface area contributed by atoms with Crippen molar-refractivity contribution in [1.29, 1.82) is 0 Å². The van der Waals surface area contributed by atoms with Crippen LogP contribution in [0.15, 0.2) is 18.2 Å². The van der Waals surface area contributed by atoms with Gasteiger partial charge in [0.2, 0.25) is 5.91 Å². The van der Waals surface area contributed by atoms with Crippen molar-refractivity contribution < 1.29 is 9.72 Å². The van der Waals surface area contributed by atoms with Crippen LogP contribution in [0, 0.1) is 17.0 Å². The quantitative estimate of drug-likeness (QED) is 0.641. The number of amides is 1. The molecule has 0 fully saturated rings. The lowest BCUT2D eigenvalue weighted by Crippen LogP contribution is -2.35. The fraction of sp³-hybridized carbons (Fsp3) is 0.417. The lowest BCUT2D eigenvalue weighted by atomic mass is 10.1. The number of carbonyl (C=O) groups excluding carboxylic acids is 1. The van der Waals surface area contributed by atoms with E-state index in [9.17, 15) is 14.9 Å². The number of benzene rings is 1. The molecule has 1 aromatic carbocycles. The van der Waals surface area contributed by atoms with Crippen molar-refractivity contribution in [2.24, 2.45) is 5.73 Å². The SMILES string of the molecule is CCCC(N)C(=O)Nc1ccc(C)c([N+](=O)[O-])c1.Cl. The van der Waals surface area contributed by atoms with Crippen LogP contribution in [0.1, 0.15) is 25.3 Å². The van der Waals surface area contributed by atoms with Crippen LogP contribution in [0.2, 0.25) is 0 Å². The Bertz CT molecular complexity index is 466. The van der Waals surface area contributed by atoms with Crippen LogP contribution in [0.5, 0.6) is 0 Å². The normalized spacial score (nSPS) is 11.3. The molecule has 0 heterocycles. The second-order valence-electron chi connectivity index (χ2n) is 4.14. The first-order valence-corrected chi connectivity index (χ1v) is 5.77. The molecule has 0 aliphatic carbocycles. The first-order valence-electron chi connectivity index (χ1n) is 5.77. The third-order valence-corrected chi connectivity index (χ3v) is 2.61. The van der Waals surface area contributed by atoms with E-state index in [0.717, 1.165) is 6.42 Å². The molecule has 0 saturated heterocycles. The molecule has 1 atom stereocenters. The van der Waals surface area contributed by atoms with Gasteiger partial charge in [-0.3, -0.25) is 14.9 Å². The van der Waals surface area contributed by atoms with Gasteiger partial charge in [-0.25, -0.2) is 0 Å². The maximum absolute atomic E-state index is 11.7. The van der Waals surface area contributed by atoms with Gasteiger partial charge in [0.25, 0.3) is 5.69 Å². The Morgan fingerprint density at radius 2 is 2.16 bits per heavy atom. The number of rotatable bonds is 5. The molecule has 0 aliphatic heterocycles. The number of anilines is 1. The van der Waals surface area contributed by atoms with E-state index in [1.54, 1.807) is 19.1 Å². The molecule has 0 spiro atoms. The summed E-state index contributed by atoms with van der Waals surface area (Å²) in [5, 5.41) is 13.3. The molecule has 0 radical (unpaired) electrons. The van der Waals surface area contributed by atoms with E-state index in [-0.39, 0.29) is 24.0 Å². The number of nitro groups is 1. The predicted molar refractivity (Wildman–Crippen MR) is 76.6 cm³/mol. The largest absolute Gasteiger partial charge is 0.324 e. The minimum Gasteiger partial charge on any atom is -0.324 e. The van der Waals surface area contributed by atoms with Gasteiger partial charge in [-0.2, -0.15) is 0 Å². The first-order chi connectivity index (χ1) is 8.45. The fourth-order valence-corrected chi connectivity index (χ4v) is 1.56. The smallest absolute Gasteiger partial charge is 0.274 e. The maximum Gasteiger partial charge on any atom is 0.274 e. The number of nitro benzene ring substituents is 1. The Morgan fingerprint density at radius 3 is 2.68 bits per heavy atom. The Labute approximate surface area is 117 Å². The average Bonchev–Trinajstić information content (AvgIpc) is 2.31. The van der Waals surface area contributed by atoms with E-state index in [4.69, 9.17) is 5.73 Å². The van der Waals surface area contributed by atoms with Crippen LogP contribution in [-0.4, -0.2) is 16.9 Å². The molecule has 0 aromatic heterocycles. The Balaban J connectivity index is 0.00000324. The highest BCUT2D eigenvalue weighted by atomic mass is 35.5. The zero-order valence-electron chi connectivity index (χ0n) is 10.9. The lowest BCUT2D eigenvalue weighted by molar-refractivity contribution is -0.385. The average molecular weight is 288 g/mol. The van der Waals surface area contributed by atoms with E-state index < -0.39 is 11.0 Å². The van der Waals surface area contributed by atoms with Crippen molar-refractivity contribution in [2.45, 2.75) is 32.7 Å². The molecular weight excluding hydrogens is 270 g/mol. The fourth-order valence-electron chi connectivity index (χ4n) is 1.56. The number of halogens is 1. The highest BCUT2D eigenvalue weighted by Crippen LogP contribution is 2.22. The minimum absolute atomic E-state index is 0. The summed E-state index contributed by atoms with van der Waals surface area (Å²) >= 11 is 0. The van der Waals surface area contributed by atoms with E-state index in [2.05, 4.69) is 5.32 Å². The molecule has 6 nitrogen and oxygen atoms in total. The van der Waals surface area contributed by atoms with Gasteiger partial charge in [0.1, 0.15) is 0 Å². The van der Waals surface area contributed by atoms with Gasteiger partial charge >= 0.3 is 0 Å². The lowest BCUT2D eigenvalue weighted by Gasteiger charge is -2.11. The Hall–Kier alpha value is -1.66. The van der Waals surface area contributed by atoms with Gasteiger partial charge in [0.15, 0.2) is 0 Å². The molecular formula is C12H18ClN3O3. The van der Waals surface area contributed by atoms with Crippen LogP contribution < -0.4 is 11.1 Å². The van der Waals surface area contributed by atoms with E-state index in [1.807, 2.05) is 6.92 Å². The van der Waals surface area contributed by atoms with Gasteiger partial charge in [-0.05, 0) is 19.4 Å². The summed E-state index contributed by atoms with van der Waals surface area (Å²) in [6, 6.07) is 3.97. The number of aryl methyl sites for hydroxylation is 1. The Morgan fingerprint density at radius 1 is 1.53 bits per heavy atom. The van der Waals surface area contributed by atoms with Crippen LogP contribution >= 0.6 is 12.4 Å². The number of nitrogens with one attached hydrogen (secondary N) is 1. The first kappa shape index (κ1) is 17.3. The summed E-state index contributed by atoms with van der Waals surface area (Å²) in [5.74, 6) is -0.324. The highest BCUT2D eigenvalue weighted by molar-refractivity contribution is 5.94. The van der Waals surface area contributed by atoms with Crippen molar-refractivity contribution in [1.82, 2.24) is 0 Å². The number of nitrogens with two attached hydrogens (primary N) is 1. The van der Waals surface area contributed by atoms with E-state index >= 15 is 0 Å². The molecule has 1 amide bonds. The zero-order chi connectivity index (χ0) is 13.7. The van der Waals surface area contributed by atoms with Crippen molar-refractivity contribution in [3.05, 3.63) is 33.9 Å². The minimum atomic E-state index is -0.588.